The van der Waals surface area contributed by atoms with Crippen LogP contribution in [0.2, 0.25) is 0 Å². The number of aliphatic hydroxyl groups excluding tert-OH is 2. The number of hydrogen-bond acceptors (Lipinski definition) is 6. The molecule has 4 N–H and O–H groups in total. The van der Waals surface area contributed by atoms with Crippen LogP contribution in [-0.2, 0) is 4.79 Å². The van der Waals surface area contributed by atoms with Gasteiger partial charge in [-0.1, -0.05) is 24.3 Å². The summed E-state index contributed by atoms with van der Waals surface area (Å²) in [6.45, 7) is 2.21. The summed E-state index contributed by atoms with van der Waals surface area (Å²) >= 11 is 1.59. The molecule has 0 spiro atoms. The first-order valence-corrected chi connectivity index (χ1v) is 8.79. The lowest BCUT2D eigenvalue weighted by Gasteiger charge is -2.19. The quantitative estimate of drug-likeness (QED) is 0.647. The average molecular weight is 347 g/mol. The predicted octanol–water partition coefficient (Wildman–Crippen LogP) is 0.991. The number of thiazole rings is 1. The highest BCUT2D eigenvalue weighted by Gasteiger charge is 2.29. The second kappa shape index (κ2) is 7.40. The molecule has 3 atom stereocenters. The largest absolute Gasteiger partial charge is 0.394 e. The van der Waals surface area contributed by atoms with Crippen molar-refractivity contribution in [2.45, 2.75) is 31.5 Å². The molecule has 1 saturated heterocycles. The second-order valence-electron chi connectivity index (χ2n) is 5.98. The van der Waals surface area contributed by atoms with E-state index in [-0.39, 0.29) is 12.5 Å². The summed E-state index contributed by atoms with van der Waals surface area (Å²) in [6.07, 6.45) is -0.0941. The average Bonchev–Trinajstić information content (AvgIpc) is 3.21. The third-order valence-electron chi connectivity index (χ3n) is 4.24. The number of nitrogens with zero attached hydrogens (tertiary/aromatic N) is 1. The first kappa shape index (κ1) is 17.0. The summed E-state index contributed by atoms with van der Waals surface area (Å²) in [7, 11) is 0. The van der Waals surface area contributed by atoms with Crippen molar-refractivity contribution in [3.05, 3.63) is 41.0 Å². The van der Waals surface area contributed by atoms with E-state index in [0.29, 0.717) is 13.0 Å². The molecule has 3 rings (SSSR count). The van der Waals surface area contributed by atoms with Crippen LogP contribution in [0.4, 0.5) is 0 Å². The van der Waals surface area contributed by atoms with Gasteiger partial charge in [0.05, 0.1) is 40.9 Å². The number of nitrogens with one attached hydrogen (secondary N) is 2. The van der Waals surface area contributed by atoms with E-state index in [1.807, 2.05) is 36.7 Å². The van der Waals surface area contributed by atoms with Crippen molar-refractivity contribution < 1.29 is 15.0 Å². The van der Waals surface area contributed by atoms with Gasteiger partial charge in [-0.2, -0.15) is 0 Å². The maximum atomic E-state index is 12.2. The third-order valence-corrected chi connectivity index (χ3v) is 5.22. The molecule has 1 aromatic heterocycles. The number of aryl methyl sites for hydroxylation is 1. The van der Waals surface area contributed by atoms with E-state index in [4.69, 9.17) is 0 Å². The standard InChI is InChI=1S/C17H21N3O3S/c1-10-16(24-9-19-10)12-4-2-11(3-5-12)15(8-21)20-17(23)14-6-13(22)7-18-14/h2-5,9,13-15,18,21-22H,6-8H2,1H3,(H,20,23)/t13?,14-,15-/m0/s1. The molecular formula is C17H21N3O3S. The molecule has 1 aliphatic rings. The Bertz CT molecular complexity index is 701. The molecule has 128 valence electrons. The van der Waals surface area contributed by atoms with Crippen molar-refractivity contribution >= 4 is 17.2 Å². The van der Waals surface area contributed by atoms with Gasteiger partial charge in [-0.05, 0) is 24.5 Å². The molecule has 24 heavy (non-hydrogen) atoms. The van der Waals surface area contributed by atoms with Crippen molar-refractivity contribution in [3.8, 4) is 10.4 Å². The van der Waals surface area contributed by atoms with E-state index in [1.165, 1.54) is 0 Å². The number of aliphatic hydroxyl groups is 2. The minimum absolute atomic E-state index is 0.181. The number of β-amino-alcohol motifs (C(OH)–C–C–N with tert-alkyl or cyclic N) is 1. The first-order chi connectivity index (χ1) is 11.6. The highest BCUT2D eigenvalue weighted by atomic mass is 32.1. The van der Waals surface area contributed by atoms with E-state index in [0.717, 1.165) is 21.7 Å². The first-order valence-electron chi connectivity index (χ1n) is 7.91. The van der Waals surface area contributed by atoms with Gasteiger partial charge in [-0.25, -0.2) is 4.98 Å². The summed E-state index contributed by atoms with van der Waals surface area (Å²) in [5, 5.41) is 24.9. The highest BCUT2D eigenvalue weighted by molar-refractivity contribution is 7.13. The lowest BCUT2D eigenvalue weighted by atomic mass is 10.0. The zero-order valence-electron chi connectivity index (χ0n) is 13.4. The molecule has 0 aliphatic carbocycles. The van der Waals surface area contributed by atoms with Crippen LogP contribution < -0.4 is 10.6 Å². The van der Waals surface area contributed by atoms with E-state index in [1.54, 1.807) is 11.3 Å². The zero-order chi connectivity index (χ0) is 17.1. The van der Waals surface area contributed by atoms with Crippen LogP contribution in [0.1, 0.15) is 23.7 Å². The maximum absolute atomic E-state index is 12.2. The van der Waals surface area contributed by atoms with Crippen molar-refractivity contribution in [2.24, 2.45) is 0 Å². The van der Waals surface area contributed by atoms with Crippen LogP contribution in [0.25, 0.3) is 10.4 Å². The van der Waals surface area contributed by atoms with Gasteiger partial charge in [0.15, 0.2) is 0 Å². The van der Waals surface area contributed by atoms with Gasteiger partial charge in [0.25, 0.3) is 0 Å². The Morgan fingerprint density at radius 3 is 2.75 bits per heavy atom. The Hall–Kier alpha value is -1.80. The maximum Gasteiger partial charge on any atom is 0.237 e. The third kappa shape index (κ3) is 3.64. The van der Waals surface area contributed by atoms with Gasteiger partial charge < -0.3 is 20.8 Å². The number of rotatable bonds is 5. The Morgan fingerprint density at radius 2 is 2.21 bits per heavy atom. The molecule has 7 heteroatoms. The number of carbonyl (C=O) groups is 1. The topological polar surface area (TPSA) is 94.5 Å². The van der Waals surface area contributed by atoms with E-state index in [2.05, 4.69) is 15.6 Å². The molecule has 0 radical (unpaired) electrons. The highest BCUT2D eigenvalue weighted by Crippen LogP contribution is 2.28. The molecule has 1 aromatic carbocycles. The molecule has 1 amide bonds. The number of aromatic nitrogens is 1. The van der Waals surface area contributed by atoms with Gasteiger partial charge >= 0.3 is 0 Å². The second-order valence-corrected chi connectivity index (χ2v) is 6.84. The van der Waals surface area contributed by atoms with Gasteiger partial charge in [0, 0.05) is 6.54 Å². The van der Waals surface area contributed by atoms with Crippen LogP contribution >= 0.6 is 11.3 Å². The molecule has 1 unspecified atom stereocenters. The Labute approximate surface area is 144 Å². The fourth-order valence-corrected chi connectivity index (χ4v) is 3.68. The molecule has 6 nitrogen and oxygen atoms in total. The number of carbonyl (C=O) groups excluding carboxylic acids is 1. The molecule has 0 bridgehead atoms. The minimum atomic E-state index is -0.491. The molecular weight excluding hydrogens is 326 g/mol. The smallest absolute Gasteiger partial charge is 0.237 e. The SMILES string of the molecule is Cc1ncsc1-c1ccc([C@H](CO)NC(=O)[C@@H]2CC(O)CN2)cc1. The molecule has 0 saturated carbocycles. The van der Waals surface area contributed by atoms with Crippen molar-refractivity contribution in [1.29, 1.82) is 0 Å². The van der Waals surface area contributed by atoms with Crippen molar-refractivity contribution in [2.75, 3.05) is 13.2 Å². The lowest BCUT2D eigenvalue weighted by molar-refractivity contribution is -0.124. The summed E-state index contributed by atoms with van der Waals surface area (Å²) < 4.78 is 0. The number of benzene rings is 1. The van der Waals surface area contributed by atoms with E-state index >= 15 is 0 Å². The van der Waals surface area contributed by atoms with E-state index in [9.17, 15) is 15.0 Å². The van der Waals surface area contributed by atoms with Crippen LogP contribution in [-0.4, -0.2) is 46.4 Å². The summed E-state index contributed by atoms with van der Waals surface area (Å²) in [6, 6.07) is 6.89. The van der Waals surface area contributed by atoms with Gasteiger partial charge in [-0.15, -0.1) is 11.3 Å². The van der Waals surface area contributed by atoms with E-state index < -0.39 is 18.2 Å². The Balaban J connectivity index is 1.69. The monoisotopic (exact) mass is 347 g/mol. The summed E-state index contributed by atoms with van der Waals surface area (Å²) in [5.41, 5.74) is 4.72. The minimum Gasteiger partial charge on any atom is -0.394 e. The fraction of sp³-hybridized carbons (Fsp3) is 0.412. The van der Waals surface area contributed by atoms with Crippen molar-refractivity contribution in [3.63, 3.8) is 0 Å². The van der Waals surface area contributed by atoms with Gasteiger partial charge in [0.2, 0.25) is 5.91 Å². The van der Waals surface area contributed by atoms with Crippen LogP contribution in [0.3, 0.4) is 0 Å². The van der Waals surface area contributed by atoms with Gasteiger partial charge in [0.1, 0.15) is 0 Å². The normalized spacial score (nSPS) is 21.6. The molecule has 1 aliphatic heterocycles. The molecule has 1 fully saturated rings. The Kier molecular flexibility index (Phi) is 5.25. The Morgan fingerprint density at radius 1 is 1.46 bits per heavy atom. The molecule has 2 aromatic rings. The van der Waals surface area contributed by atoms with Gasteiger partial charge in [-0.3, -0.25) is 4.79 Å². The zero-order valence-corrected chi connectivity index (χ0v) is 14.2. The summed E-state index contributed by atoms with van der Waals surface area (Å²) in [5.74, 6) is -0.201. The molecule has 2 heterocycles. The summed E-state index contributed by atoms with van der Waals surface area (Å²) in [4.78, 5) is 17.6. The van der Waals surface area contributed by atoms with Crippen LogP contribution in [0.5, 0.6) is 0 Å². The van der Waals surface area contributed by atoms with Crippen molar-refractivity contribution in [1.82, 2.24) is 15.6 Å². The predicted molar refractivity (Wildman–Crippen MR) is 92.7 cm³/mol. The number of hydrogen-bond donors (Lipinski definition) is 4. The van der Waals surface area contributed by atoms with Crippen LogP contribution in [0, 0.1) is 6.92 Å². The lowest BCUT2D eigenvalue weighted by Crippen LogP contribution is -2.42. The fourth-order valence-electron chi connectivity index (χ4n) is 2.87. The van der Waals surface area contributed by atoms with Crippen LogP contribution in [0.15, 0.2) is 29.8 Å². The number of amides is 1.